The van der Waals surface area contributed by atoms with Gasteiger partial charge in [-0.25, -0.2) is 0 Å². The molecule has 0 unspecified atom stereocenters. The maximum atomic E-state index is 11.8. The van der Waals surface area contributed by atoms with Crippen molar-refractivity contribution >= 4 is 17.4 Å². The van der Waals surface area contributed by atoms with Crippen LogP contribution in [0.4, 0.5) is 0 Å². The molecule has 0 amide bonds. The van der Waals surface area contributed by atoms with Crippen LogP contribution < -0.4 is 14.2 Å². The first-order valence-corrected chi connectivity index (χ1v) is 8.06. The van der Waals surface area contributed by atoms with Gasteiger partial charge in [-0.3, -0.25) is 4.79 Å². The predicted molar refractivity (Wildman–Crippen MR) is 96.3 cm³/mol. The van der Waals surface area contributed by atoms with Gasteiger partial charge in [-0.2, -0.15) is 0 Å². The number of benzene rings is 2. The normalized spacial score (nSPS) is 13.0. The third-order valence-corrected chi connectivity index (χ3v) is 3.95. The van der Waals surface area contributed by atoms with Crippen LogP contribution in [0.3, 0.4) is 0 Å². The second-order valence-corrected chi connectivity index (χ2v) is 5.58. The van der Waals surface area contributed by atoms with E-state index in [9.17, 15) is 4.79 Å². The SMILES string of the molecule is COCOc1ccc(C2=C(C=O)c3ccc(OCOC)cc3OC2)cc1. The third kappa shape index (κ3) is 3.87. The van der Waals surface area contributed by atoms with Crippen LogP contribution in [0, 0.1) is 0 Å². The summed E-state index contributed by atoms with van der Waals surface area (Å²) in [6, 6.07) is 12.8. The van der Waals surface area contributed by atoms with Crippen molar-refractivity contribution in [3.8, 4) is 17.2 Å². The van der Waals surface area contributed by atoms with Crippen molar-refractivity contribution < 1.29 is 28.5 Å². The molecule has 26 heavy (non-hydrogen) atoms. The molecule has 0 spiro atoms. The average molecular weight is 356 g/mol. The molecule has 0 fully saturated rings. The Morgan fingerprint density at radius 3 is 2.27 bits per heavy atom. The molecule has 0 atom stereocenters. The minimum absolute atomic E-state index is 0.151. The van der Waals surface area contributed by atoms with E-state index < -0.39 is 0 Å². The van der Waals surface area contributed by atoms with E-state index in [0.29, 0.717) is 29.4 Å². The molecule has 1 heterocycles. The summed E-state index contributed by atoms with van der Waals surface area (Å²) in [4.78, 5) is 11.8. The number of allylic oxidation sites excluding steroid dienone is 1. The molecule has 6 heteroatoms. The van der Waals surface area contributed by atoms with E-state index in [0.717, 1.165) is 23.0 Å². The van der Waals surface area contributed by atoms with Crippen LogP contribution in [-0.2, 0) is 14.3 Å². The minimum atomic E-state index is 0.151. The van der Waals surface area contributed by atoms with Crippen molar-refractivity contribution in [2.45, 2.75) is 0 Å². The molecule has 0 bridgehead atoms. The fourth-order valence-corrected chi connectivity index (χ4v) is 2.70. The Morgan fingerprint density at radius 2 is 1.62 bits per heavy atom. The second kappa shape index (κ2) is 8.51. The van der Waals surface area contributed by atoms with E-state index >= 15 is 0 Å². The van der Waals surface area contributed by atoms with Gasteiger partial charge in [0.25, 0.3) is 0 Å². The summed E-state index contributed by atoms with van der Waals surface area (Å²) in [5, 5.41) is 0. The Balaban J connectivity index is 1.89. The number of carbonyl (C=O) groups is 1. The summed E-state index contributed by atoms with van der Waals surface area (Å²) in [6.45, 7) is 0.635. The zero-order chi connectivity index (χ0) is 18.4. The average Bonchev–Trinajstić information content (AvgIpc) is 2.70. The predicted octanol–water partition coefficient (Wildman–Crippen LogP) is 3.15. The smallest absolute Gasteiger partial charge is 0.188 e. The van der Waals surface area contributed by atoms with Crippen molar-refractivity contribution in [2.24, 2.45) is 0 Å². The molecule has 3 rings (SSSR count). The molecule has 0 N–H and O–H groups in total. The largest absolute Gasteiger partial charge is 0.488 e. The van der Waals surface area contributed by atoms with Crippen LogP contribution in [0.2, 0.25) is 0 Å². The highest BCUT2D eigenvalue weighted by molar-refractivity contribution is 6.19. The molecule has 6 nitrogen and oxygen atoms in total. The highest BCUT2D eigenvalue weighted by Gasteiger charge is 2.21. The first-order valence-electron chi connectivity index (χ1n) is 8.06. The zero-order valence-corrected chi connectivity index (χ0v) is 14.7. The summed E-state index contributed by atoms with van der Waals surface area (Å²) in [6.07, 6.45) is 0.863. The van der Waals surface area contributed by atoms with Gasteiger partial charge in [-0.15, -0.1) is 0 Å². The molecule has 0 radical (unpaired) electrons. The standard InChI is InChI=1S/C20H20O6/c1-22-12-25-15-5-3-14(4-6-15)19-11-24-20-9-16(26-13-23-2)7-8-17(20)18(19)10-21/h3-10H,11-13H2,1-2H3. The molecule has 1 aliphatic rings. The maximum absolute atomic E-state index is 11.8. The molecular formula is C20H20O6. The monoisotopic (exact) mass is 356 g/mol. The van der Waals surface area contributed by atoms with E-state index in [4.69, 9.17) is 23.7 Å². The summed E-state index contributed by atoms with van der Waals surface area (Å²) >= 11 is 0. The summed E-state index contributed by atoms with van der Waals surface area (Å²) in [5.74, 6) is 1.93. The molecular weight excluding hydrogens is 336 g/mol. The molecule has 0 aromatic heterocycles. The lowest BCUT2D eigenvalue weighted by Gasteiger charge is -2.22. The molecule has 0 aliphatic carbocycles. The van der Waals surface area contributed by atoms with Crippen LogP contribution >= 0.6 is 0 Å². The number of ether oxygens (including phenoxy) is 5. The molecule has 0 saturated carbocycles. The molecule has 2 aromatic rings. The summed E-state index contributed by atoms with van der Waals surface area (Å²) < 4.78 is 26.4. The highest BCUT2D eigenvalue weighted by Crippen LogP contribution is 2.38. The topological polar surface area (TPSA) is 63.2 Å². The van der Waals surface area contributed by atoms with Gasteiger partial charge in [0.2, 0.25) is 0 Å². The van der Waals surface area contributed by atoms with Gasteiger partial charge in [-0.05, 0) is 29.8 Å². The fraction of sp³-hybridized carbons (Fsp3) is 0.250. The van der Waals surface area contributed by atoms with Crippen LogP contribution in [0.1, 0.15) is 11.1 Å². The number of hydrogen-bond donors (Lipinski definition) is 0. The van der Waals surface area contributed by atoms with E-state index in [1.54, 1.807) is 26.4 Å². The number of hydrogen-bond acceptors (Lipinski definition) is 6. The van der Waals surface area contributed by atoms with Crippen LogP contribution in [0.25, 0.3) is 11.1 Å². The van der Waals surface area contributed by atoms with Gasteiger partial charge in [0, 0.05) is 37.0 Å². The second-order valence-electron chi connectivity index (χ2n) is 5.58. The van der Waals surface area contributed by atoms with E-state index in [2.05, 4.69) is 0 Å². The van der Waals surface area contributed by atoms with Crippen LogP contribution in [-0.4, -0.2) is 40.7 Å². The summed E-state index contributed by atoms with van der Waals surface area (Å²) in [5.41, 5.74) is 3.08. The number of carbonyl (C=O) groups excluding carboxylic acids is 1. The first kappa shape index (κ1) is 18.0. The Hall–Kier alpha value is -2.83. The Morgan fingerprint density at radius 1 is 0.962 bits per heavy atom. The van der Waals surface area contributed by atoms with Crippen molar-refractivity contribution in [1.29, 1.82) is 0 Å². The Kier molecular flexibility index (Phi) is 5.88. The van der Waals surface area contributed by atoms with Crippen molar-refractivity contribution in [2.75, 3.05) is 34.4 Å². The van der Waals surface area contributed by atoms with Gasteiger partial charge in [-0.1, -0.05) is 12.1 Å². The molecule has 1 aliphatic heterocycles. The van der Waals surface area contributed by atoms with Crippen molar-refractivity contribution in [3.63, 3.8) is 0 Å². The maximum Gasteiger partial charge on any atom is 0.188 e. The van der Waals surface area contributed by atoms with Crippen LogP contribution in [0.5, 0.6) is 17.2 Å². The molecule has 2 aromatic carbocycles. The van der Waals surface area contributed by atoms with Gasteiger partial charge in [0.15, 0.2) is 19.9 Å². The van der Waals surface area contributed by atoms with Crippen LogP contribution in [0.15, 0.2) is 42.5 Å². The molecule has 0 saturated heterocycles. The number of fused-ring (bicyclic) bond motifs is 1. The molecule has 136 valence electrons. The lowest BCUT2D eigenvalue weighted by Crippen LogP contribution is -2.12. The van der Waals surface area contributed by atoms with E-state index in [1.165, 1.54) is 0 Å². The van der Waals surface area contributed by atoms with E-state index in [-0.39, 0.29) is 13.6 Å². The fourth-order valence-electron chi connectivity index (χ4n) is 2.70. The number of methoxy groups -OCH3 is 2. The highest BCUT2D eigenvalue weighted by atomic mass is 16.7. The van der Waals surface area contributed by atoms with Gasteiger partial charge < -0.3 is 23.7 Å². The minimum Gasteiger partial charge on any atom is -0.488 e. The zero-order valence-electron chi connectivity index (χ0n) is 14.7. The lowest BCUT2D eigenvalue weighted by atomic mass is 9.93. The number of rotatable bonds is 8. The Bertz CT molecular complexity index is 794. The van der Waals surface area contributed by atoms with Crippen molar-refractivity contribution in [3.05, 3.63) is 53.6 Å². The lowest BCUT2D eigenvalue weighted by molar-refractivity contribution is -0.103. The van der Waals surface area contributed by atoms with E-state index in [1.807, 2.05) is 30.3 Å². The first-order chi connectivity index (χ1) is 12.8. The Labute approximate surface area is 151 Å². The summed E-state index contributed by atoms with van der Waals surface area (Å²) in [7, 11) is 3.12. The number of aldehydes is 1. The van der Waals surface area contributed by atoms with Gasteiger partial charge in [0.1, 0.15) is 23.9 Å². The van der Waals surface area contributed by atoms with Gasteiger partial charge in [0.05, 0.1) is 0 Å². The third-order valence-electron chi connectivity index (χ3n) is 3.95. The van der Waals surface area contributed by atoms with Crippen molar-refractivity contribution in [1.82, 2.24) is 0 Å². The van der Waals surface area contributed by atoms with Gasteiger partial charge >= 0.3 is 0 Å². The quantitative estimate of drug-likeness (QED) is 0.535.